The standard InChI is InChI=1S/C11H14N3O3PS/c1-8(18(15,16)17)12-5-9-6-13-11(14-7-9)10-3-2-4-19-10/h2-4,6-8,12H,5H2,1H3,(H2,15,16,17)/t8-/m1/s1. The third-order valence-corrected chi connectivity index (χ3v) is 4.61. The van der Waals surface area contributed by atoms with Crippen molar-refractivity contribution in [1.29, 1.82) is 0 Å². The summed E-state index contributed by atoms with van der Waals surface area (Å²) in [6.07, 6.45) is 3.31. The first-order valence-corrected chi connectivity index (χ1v) is 8.16. The lowest BCUT2D eigenvalue weighted by molar-refractivity contribution is 0.350. The van der Waals surface area contributed by atoms with Gasteiger partial charge in [0.1, 0.15) is 5.78 Å². The minimum Gasteiger partial charge on any atom is -0.323 e. The van der Waals surface area contributed by atoms with Gasteiger partial charge in [-0.25, -0.2) is 9.97 Å². The van der Waals surface area contributed by atoms with Crippen LogP contribution in [0.3, 0.4) is 0 Å². The molecule has 2 aromatic heterocycles. The molecule has 2 rings (SSSR count). The van der Waals surface area contributed by atoms with Gasteiger partial charge in [-0.2, -0.15) is 0 Å². The molecule has 0 aliphatic rings. The Balaban J connectivity index is 1.98. The second-order valence-electron chi connectivity index (χ2n) is 4.04. The number of nitrogens with one attached hydrogen (secondary N) is 1. The summed E-state index contributed by atoms with van der Waals surface area (Å²) < 4.78 is 11.0. The van der Waals surface area contributed by atoms with Gasteiger partial charge in [-0.05, 0) is 18.4 Å². The van der Waals surface area contributed by atoms with E-state index in [1.54, 1.807) is 23.7 Å². The predicted octanol–water partition coefficient (Wildman–Crippen LogP) is 1.82. The Morgan fingerprint density at radius 2 is 2.11 bits per heavy atom. The Labute approximate surface area is 114 Å². The molecule has 1 atom stereocenters. The van der Waals surface area contributed by atoms with Gasteiger partial charge in [-0.1, -0.05) is 6.07 Å². The molecular weight excluding hydrogens is 285 g/mol. The van der Waals surface area contributed by atoms with Gasteiger partial charge < -0.3 is 9.79 Å². The number of hydrogen-bond donors (Lipinski definition) is 3. The summed E-state index contributed by atoms with van der Waals surface area (Å²) in [5.41, 5.74) is 0.778. The van der Waals surface area contributed by atoms with Gasteiger partial charge in [0.15, 0.2) is 5.82 Å². The van der Waals surface area contributed by atoms with E-state index >= 15 is 0 Å². The lowest BCUT2D eigenvalue weighted by atomic mass is 10.3. The second kappa shape index (κ2) is 5.90. The van der Waals surface area contributed by atoms with Crippen molar-refractivity contribution in [3.05, 3.63) is 35.5 Å². The monoisotopic (exact) mass is 299 g/mol. The van der Waals surface area contributed by atoms with E-state index in [4.69, 9.17) is 9.79 Å². The SMILES string of the molecule is C[C@H](NCc1cnc(-c2cccs2)nc1)P(=O)(O)O. The van der Waals surface area contributed by atoms with Gasteiger partial charge >= 0.3 is 7.60 Å². The fourth-order valence-corrected chi connectivity index (χ4v) is 2.36. The van der Waals surface area contributed by atoms with Crippen LogP contribution in [0.25, 0.3) is 10.7 Å². The highest BCUT2D eigenvalue weighted by molar-refractivity contribution is 7.52. The third kappa shape index (κ3) is 3.92. The smallest absolute Gasteiger partial charge is 0.323 e. The van der Waals surface area contributed by atoms with Crippen LogP contribution < -0.4 is 5.32 Å². The quantitative estimate of drug-likeness (QED) is 0.729. The summed E-state index contributed by atoms with van der Waals surface area (Å²) >= 11 is 1.56. The van der Waals surface area contributed by atoms with Crippen molar-refractivity contribution in [3.63, 3.8) is 0 Å². The fraction of sp³-hybridized carbons (Fsp3) is 0.273. The predicted molar refractivity (Wildman–Crippen MR) is 73.7 cm³/mol. The zero-order valence-corrected chi connectivity index (χ0v) is 11.9. The lowest BCUT2D eigenvalue weighted by Gasteiger charge is -2.14. The molecule has 0 aliphatic carbocycles. The van der Waals surface area contributed by atoms with Crippen molar-refractivity contribution in [2.75, 3.05) is 0 Å². The van der Waals surface area contributed by atoms with Gasteiger partial charge in [-0.3, -0.25) is 9.88 Å². The van der Waals surface area contributed by atoms with E-state index in [0.717, 1.165) is 10.4 Å². The maximum Gasteiger partial charge on any atom is 0.342 e. The molecule has 0 saturated carbocycles. The minimum atomic E-state index is -4.09. The summed E-state index contributed by atoms with van der Waals surface area (Å²) in [7, 11) is -4.09. The van der Waals surface area contributed by atoms with Crippen LogP contribution in [0.1, 0.15) is 12.5 Å². The normalized spacial score (nSPS) is 13.4. The van der Waals surface area contributed by atoms with Crippen LogP contribution in [0.15, 0.2) is 29.9 Å². The van der Waals surface area contributed by atoms with E-state index in [-0.39, 0.29) is 0 Å². The van der Waals surface area contributed by atoms with E-state index in [9.17, 15) is 4.57 Å². The first kappa shape index (κ1) is 14.3. The van der Waals surface area contributed by atoms with Crippen molar-refractivity contribution in [1.82, 2.24) is 15.3 Å². The molecule has 0 bridgehead atoms. The number of rotatable bonds is 5. The fourth-order valence-electron chi connectivity index (χ4n) is 1.36. The molecule has 0 radical (unpaired) electrons. The second-order valence-corrected chi connectivity index (χ2v) is 6.94. The van der Waals surface area contributed by atoms with Crippen LogP contribution in [0.4, 0.5) is 0 Å². The molecule has 8 heteroatoms. The number of thiophene rings is 1. The topological polar surface area (TPSA) is 95.3 Å². The third-order valence-electron chi connectivity index (χ3n) is 2.55. The van der Waals surface area contributed by atoms with Gasteiger partial charge in [0.25, 0.3) is 0 Å². The molecule has 0 amide bonds. The van der Waals surface area contributed by atoms with Gasteiger partial charge in [-0.15, -0.1) is 11.3 Å². The Bertz CT molecular complexity index is 567. The Morgan fingerprint density at radius 1 is 1.42 bits per heavy atom. The Kier molecular flexibility index (Phi) is 4.44. The number of aromatic nitrogens is 2. The summed E-state index contributed by atoms with van der Waals surface area (Å²) in [6, 6.07) is 3.87. The van der Waals surface area contributed by atoms with Crippen molar-refractivity contribution in [2.24, 2.45) is 0 Å². The molecule has 6 nitrogen and oxygen atoms in total. The molecule has 2 aromatic rings. The highest BCUT2D eigenvalue weighted by Gasteiger charge is 2.22. The molecular formula is C11H14N3O3PS. The first-order valence-electron chi connectivity index (χ1n) is 5.60. The van der Waals surface area contributed by atoms with Crippen LogP contribution in [0.2, 0.25) is 0 Å². The molecule has 0 spiro atoms. The average molecular weight is 299 g/mol. The number of hydrogen-bond acceptors (Lipinski definition) is 5. The number of nitrogens with zero attached hydrogens (tertiary/aromatic N) is 2. The lowest BCUT2D eigenvalue weighted by Crippen LogP contribution is -2.25. The van der Waals surface area contributed by atoms with E-state index < -0.39 is 13.4 Å². The molecule has 0 aromatic carbocycles. The Hall–Kier alpha value is -1.11. The van der Waals surface area contributed by atoms with E-state index in [2.05, 4.69) is 15.3 Å². The molecule has 0 fully saturated rings. The first-order chi connectivity index (χ1) is 8.97. The molecule has 0 saturated heterocycles. The van der Waals surface area contributed by atoms with Gasteiger partial charge in [0.05, 0.1) is 4.88 Å². The maximum absolute atomic E-state index is 11.0. The molecule has 0 unspecified atom stereocenters. The minimum absolute atomic E-state index is 0.316. The van der Waals surface area contributed by atoms with E-state index in [1.165, 1.54) is 6.92 Å². The van der Waals surface area contributed by atoms with Crippen molar-refractivity contribution >= 4 is 18.9 Å². The van der Waals surface area contributed by atoms with Crippen molar-refractivity contribution in [2.45, 2.75) is 19.3 Å². The largest absolute Gasteiger partial charge is 0.342 e. The average Bonchev–Trinajstić information content (AvgIpc) is 2.89. The van der Waals surface area contributed by atoms with Crippen LogP contribution in [0.5, 0.6) is 0 Å². The van der Waals surface area contributed by atoms with Crippen molar-refractivity contribution < 1.29 is 14.4 Å². The summed E-state index contributed by atoms with van der Waals surface area (Å²) in [4.78, 5) is 27.3. The Morgan fingerprint density at radius 3 is 2.63 bits per heavy atom. The molecule has 102 valence electrons. The highest BCUT2D eigenvalue weighted by Crippen LogP contribution is 2.39. The summed E-state index contributed by atoms with van der Waals surface area (Å²) in [5, 5.41) is 4.71. The molecule has 2 heterocycles. The van der Waals surface area contributed by atoms with Crippen LogP contribution in [-0.2, 0) is 11.1 Å². The molecule has 0 aliphatic heterocycles. The van der Waals surface area contributed by atoms with Crippen LogP contribution in [-0.4, -0.2) is 25.5 Å². The molecule has 19 heavy (non-hydrogen) atoms. The van der Waals surface area contributed by atoms with E-state index in [0.29, 0.717) is 12.4 Å². The summed E-state index contributed by atoms with van der Waals surface area (Å²) in [6.45, 7) is 1.76. The zero-order valence-electron chi connectivity index (χ0n) is 10.2. The highest BCUT2D eigenvalue weighted by atomic mass is 32.1. The van der Waals surface area contributed by atoms with Gasteiger partial charge in [0, 0.05) is 24.5 Å². The summed E-state index contributed by atoms with van der Waals surface area (Å²) in [5.74, 6) is -0.230. The van der Waals surface area contributed by atoms with Crippen molar-refractivity contribution in [3.8, 4) is 10.7 Å². The van der Waals surface area contributed by atoms with Gasteiger partial charge in [0.2, 0.25) is 0 Å². The maximum atomic E-state index is 11.0. The van der Waals surface area contributed by atoms with Crippen LogP contribution in [0, 0.1) is 0 Å². The zero-order chi connectivity index (χ0) is 13.9. The molecule has 3 N–H and O–H groups in total. The van der Waals surface area contributed by atoms with Crippen LogP contribution >= 0.6 is 18.9 Å². The van der Waals surface area contributed by atoms with E-state index in [1.807, 2.05) is 17.5 Å².